The second-order valence-electron chi connectivity index (χ2n) is 8.22. The van der Waals surface area contributed by atoms with E-state index in [-0.39, 0.29) is 23.3 Å². The van der Waals surface area contributed by atoms with E-state index < -0.39 is 0 Å². The molecule has 3 heterocycles. The molecule has 4 rings (SSSR count). The van der Waals surface area contributed by atoms with Gasteiger partial charge in [-0.1, -0.05) is 12.1 Å². The van der Waals surface area contributed by atoms with Crippen LogP contribution in [0, 0.1) is 5.82 Å². The number of carbonyl (C=O) groups is 1. The second-order valence-corrected chi connectivity index (χ2v) is 8.22. The highest BCUT2D eigenvalue weighted by Crippen LogP contribution is 2.35. The van der Waals surface area contributed by atoms with E-state index >= 15 is 0 Å². The maximum Gasteiger partial charge on any atom is 0.272 e. The summed E-state index contributed by atoms with van der Waals surface area (Å²) < 4.78 is 15.3. The Labute approximate surface area is 163 Å². The first kappa shape index (κ1) is 18.4. The van der Waals surface area contributed by atoms with E-state index in [4.69, 9.17) is 5.10 Å². The van der Waals surface area contributed by atoms with Gasteiger partial charge in [0.15, 0.2) is 11.3 Å². The average molecular weight is 381 g/mol. The first-order valence-corrected chi connectivity index (χ1v) is 9.51. The van der Waals surface area contributed by atoms with E-state index in [0.29, 0.717) is 11.3 Å². The molecule has 0 aliphatic carbocycles. The van der Waals surface area contributed by atoms with Crippen LogP contribution >= 0.6 is 0 Å². The summed E-state index contributed by atoms with van der Waals surface area (Å²) in [6.45, 7) is 6.63. The molecular formula is C21H24FN5O. The Hall–Kier alpha value is -2.96. The Kier molecular flexibility index (Phi) is 4.53. The molecule has 0 bridgehead atoms. The lowest BCUT2D eigenvalue weighted by Gasteiger charge is -2.26. The number of nitrogens with one attached hydrogen (secondary N) is 1. The summed E-state index contributed by atoms with van der Waals surface area (Å²) in [6, 6.07) is 10.6. The Morgan fingerprint density at radius 3 is 2.82 bits per heavy atom. The average Bonchev–Trinajstić information content (AvgIpc) is 3.26. The molecule has 1 atom stereocenters. The summed E-state index contributed by atoms with van der Waals surface area (Å²) in [7, 11) is 0. The number of aromatic nitrogens is 3. The van der Waals surface area contributed by atoms with Crippen LogP contribution in [0.4, 0.5) is 10.2 Å². The molecule has 146 valence electrons. The lowest BCUT2D eigenvalue weighted by atomic mass is 10.0. The van der Waals surface area contributed by atoms with Crippen LogP contribution in [0.3, 0.4) is 0 Å². The summed E-state index contributed by atoms with van der Waals surface area (Å²) in [6.07, 6.45) is 3.48. The van der Waals surface area contributed by atoms with Gasteiger partial charge in [0.05, 0.1) is 12.2 Å². The van der Waals surface area contributed by atoms with Crippen LogP contribution in [0.1, 0.15) is 55.7 Å². The summed E-state index contributed by atoms with van der Waals surface area (Å²) in [4.78, 5) is 19.1. The van der Waals surface area contributed by atoms with Gasteiger partial charge in [-0.2, -0.15) is 0 Å². The minimum atomic E-state index is -0.351. The molecule has 1 aromatic carbocycles. The van der Waals surface area contributed by atoms with Crippen molar-refractivity contribution in [3.05, 3.63) is 59.7 Å². The maximum atomic E-state index is 13.7. The number of amides is 1. The first-order chi connectivity index (χ1) is 13.3. The zero-order valence-electron chi connectivity index (χ0n) is 16.3. The lowest BCUT2D eigenvalue weighted by Crippen LogP contribution is -2.41. The van der Waals surface area contributed by atoms with E-state index in [9.17, 15) is 9.18 Å². The molecule has 7 heteroatoms. The Morgan fingerprint density at radius 2 is 2.07 bits per heavy atom. The number of anilines is 1. The quantitative estimate of drug-likeness (QED) is 0.751. The molecule has 1 saturated heterocycles. The van der Waals surface area contributed by atoms with Gasteiger partial charge >= 0.3 is 0 Å². The molecule has 0 radical (unpaired) electrons. The number of hydrogen-bond donors (Lipinski definition) is 1. The number of nitrogens with zero attached hydrogens (tertiary/aromatic N) is 4. The highest BCUT2D eigenvalue weighted by Gasteiger charge is 2.28. The second kappa shape index (κ2) is 6.89. The van der Waals surface area contributed by atoms with Gasteiger partial charge in [-0.25, -0.2) is 13.9 Å². The van der Waals surface area contributed by atoms with Crippen molar-refractivity contribution < 1.29 is 9.18 Å². The van der Waals surface area contributed by atoms with E-state index in [1.807, 2.05) is 39.0 Å². The van der Waals surface area contributed by atoms with Gasteiger partial charge in [0.25, 0.3) is 5.91 Å². The minimum absolute atomic E-state index is 0.0658. The highest BCUT2D eigenvalue weighted by molar-refractivity contribution is 5.93. The molecule has 0 spiro atoms. The van der Waals surface area contributed by atoms with E-state index in [1.54, 1.807) is 22.8 Å². The molecule has 0 unspecified atom stereocenters. The molecule has 1 aliphatic heterocycles. The van der Waals surface area contributed by atoms with E-state index in [0.717, 1.165) is 30.8 Å². The Morgan fingerprint density at radius 1 is 1.25 bits per heavy atom. The SMILES string of the molecule is CC(C)(C)NC(=O)c1cnc2ccc(N3CCC[C@@H]3c3cccc(F)c3)nn12. The fraction of sp³-hybridized carbons (Fsp3) is 0.381. The van der Waals surface area contributed by atoms with Crippen LogP contribution in [0.25, 0.3) is 5.65 Å². The molecule has 28 heavy (non-hydrogen) atoms. The number of benzene rings is 1. The van der Waals surface area contributed by atoms with E-state index in [1.165, 1.54) is 6.07 Å². The zero-order valence-corrected chi connectivity index (χ0v) is 16.3. The third kappa shape index (κ3) is 3.56. The van der Waals surface area contributed by atoms with Gasteiger partial charge < -0.3 is 10.2 Å². The van der Waals surface area contributed by atoms with Crippen molar-refractivity contribution in [3.8, 4) is 0 Å². The summed E-state index contributed by atoms with van der Waals surface area (Å²) >= 11 is 0. The van der Waals surface area contributed by atoms with Crippen LogP contribution in [0.15, 0.2) is 42.6 Å². The van der Waals surface area contributed by atoms with Crippen molar-refractivity contribution in [1.29, 1.82) is 0 Å². The molecule has 1 fully saturated rings. The highest BCUT2D eigenvalue weighted by atomic mass is 19.1. The largest absolute Gasteiger partial charge is 0.348 e. The molecule has 0 saturated carbocycles. The molecule has 3 aromatic rings. The van der Waals surface area contributed by atoms with Crippen molar-refractivity contribution in [2.75, 3.05) is 11.4 Å². The predicted molar refractivity (Wildman–Crippen MR) is 106 cm³/mol. The zero-order chi connectivity index (χ0) is 19.9. The minimum Gasteiger partial charge on any atom is -0.348 e. The van der Waals surface area contributed by atoms with Gasteiger partial charge in [0.2, 0.25) is 0 Å². The van der Waals surface area contributed by atoms with Crippen LogP contribution in [0.5, 0.6) is 0 Å². The fourth-order valence-electron chi connectivity index (χ4n) is 3.68. The number of halogens is 1. The topological polar surface area (TPSA) is 62.5 Å². The normalized spacial score (nSPS) is 17.3. The predicted octanol–water partition coefficient (Wildman–Crippen LogP) is 3.74. The van der Waals surface area contributed by atoms with Crippen molar-refractivity contribution >= 4 is 17.4 Å². The van der Waals surface area contributed by atoms with Crippen molar-refractivity contribution in [1.82, 2.24) is 19.9 Å². The number of carbonyl (C=O) groups excluding carboxylic acids is 1. The fourth-order valence-corrected chi connectivity index (χ4v) is 3.68. The summed E-state index contributed by atoms with van der Waals surface area (Å²) in [5.74, 6) is 0.304. The van der Waals surface area contributed by atoms with Gasteiger partial charge in [0, 0.05) is 12.1 Å². The van der Waals surface area contributed by atoms with Crippen LogP contribution < -0.4 is 10.2 Å². The maximum absolute atomic E-state index is 13.7. The van der Waals surface area contributed by atoms with Crippen molar-refractivity contribution in [3.63, 3.8) is 0 Å². The third-order valence-corrected chi connectivity index (χ3v) is 4.85. The van der Waals surface area contributed by atoms with Crippen molar-refractivity contribution in [2.45, 2.75) is 45.2 Å². The first-order valence-electron chi connectivity index (χ1n) is 9.51. The van der Waals surface area contributed by atoms with Crippen LogP contribution in [-0.4, -0.2) is 32.6 Å². The van der Waals surface area contributed by atoms with Gasteiger partial charge in [-0.05, 0) is 63.4 Å². The van der Waals surface area contributed by atoms with Gasteiger partial charge in [0.1, 0.15) is 11.6 Å². The monoisotopic (exact) mass is 381 g/mol. The van der Waals surface area contributed by atoms with Crippen LogP contribution in [-0.2, 0) is 0 Å². The summed E-state index contributed by atoms with van der Waals surface area (Å²) in [5.41, 5.74) is 1.60. The van der Waals surface area contributed by atoms with Crippen LogP contribution in [0.2, 0.25) is 0 Å². The number of imidazole rings is 1. The Bertz CT molecular complexity index is 1020. The van der Waals surface area contributed by atoms with Gasteiger partial charge in [-0.15, -0.1) is 5.10 Å². The Balaban J connectivity index is 1.69. The number of rotatable bonds is 3. The third-order valence-electron chi connectivity index (χ3n) is 4.85. The van der Waals surface area contributed by atoms with E-state index in [2.05, 4.69) is 15.2 Å². The molecule has 6 nitrogen and oxygen atoms in total. The lowest BCUT2D eigenvalue weighted by molar-refractivity contribution is 0.0912. The molecule has 1 amide bonds. The molecule has 1 N–H and O–H groups in total. The van der Waals surface area contributed by atoms with Crippen molar-refractivity contribution in [2.24, 2.45) is 0 Å². The molecule has 2 aromatic heterocycles. The summed E-state index contributed by atoms with van der Waals surface area (Å²) in [5, 5.41) is 7.64. The number of fused-ring (bicyclic) bond motifs is 1. The van der Waals surface area contributed by atoms with Gasteiger partial charge in [-0.3, -0.25) is 4.79 Å². The number of hydrogen-bond acceptors (Lipinski definition) is 4. The smallest absolute Gasteiger partial charge is 0.272 e. The molecular weight excluding hydrogens is 357 g/mol. The molecule has 1 aliphatic rings. The standard InChI is InChI=1S/C21H24FN5O/c1-21(2,3)24-20(28)17-13-23-18-9-10-19(25-27(17)18)26-11-5-8-16(26)14-6-4-7-15(22)12-14/h4,6-7,9-10,12-13,16H,5,8,11H2,1-3H3,(H,24,28)/t16-/m1/s1.